The van der Waals surface area contributed by atoms with Gasteiger partial charge in [-0.05, 0) is 40.6 Å². The third-order valence-corrected chi connectivity index (χ3v) is 5.69. The van der Waals surface area contributed by atoms with Crippen LogP contribution in [0, 0.1) is 0 Å². The minimum atomic E-state index is -0.427. The van der Waals surface area contributed by atoms with Gasteiger partial charge in [-0.2, -0.15) is 0 Å². The summed E-state index contributed by atoms with van der Waals surface area (Å²) in [5.41, 5.74) is 9.00. The molecule has 6 heteroatoms. The van der Waals surface area contributed by atoms with Crippen LogP contribution in [-0.2, 0) is 6.54 Å². The van der Waals surface area contributed by atoms with Crippen LogP contribution in [0.5, 0.6) is 0 Å². The van der Waals surface area contributed by atoms with E-state index in [0.29, 0.717) is 5.56 Å². The maximum absolute atomic E-state index is 11.4. The number of hydrogen-bond donors (Lipinski definition) is 1. The fourth-order valence-electron chi connectivity index (χ4n) is 4.08. The predicted octanol–water partition coefficient (Wildman–Crippen LogP) is 2.74. The summed E-state index contributed by atoms with van der Waals surface area (Å²) in [5.74, 6) is -0.427. The summed E-state index contributed by atoms with van der Waals surface area (Å²) in [6.07, 6.45) is 1.83. The van der Waals surface area contributed by atoms with E-state index in [1.54, 1.807) is 12.1 Å². The zero-order valence-electron chi connectivity index (χ0n) is 16.2. The normalized spacial score (nSPS) is 15.2. The van der Waals surface area contributed by atoms with Crippen LogP contribution in [-0.4, -0.2) is 46.6 Å². The molecule has 146 valence electrons. The fourth-order valence-corrected chi connectivity index (χ4v) is 4.08. The molecule has 0 saturated carbocycles. The third kappa shape index (κ3) is 3.43. The number of benzene rings is 3. The Kier molecular flexibility index (Phi) is 4.41. The average Bonchev–Trinajstić information content (AvgIpc) is 3.17. The quantitative estimate of drug-likeness (QED) is 0.587. The number of nitrogens with two attached hydrogens (primary N) is 1. The van der Waals surface area contributed by atoms with Crippen molar-refractivity contribution in [3.8, 4) is 0 Å². The van der Waals surface area contributed by atoms with Crippen molar-refractivity contribution in [3.63, 3.8) is 0 Å². The van der Waals surface area contributed by atoms with Crippen LogP contribution in [0.1, 0.15) is 15.9 Å². The van der Waals surface area contributed by atoms with Gasteiger partial charge in [0.05, 0.1) is 11.0 Å². The highest BCUT2D eigenvalue weighted by Crippen LogP contribution is 2.19. The number of nitrogens with zero attached hydrogens (tertiary/aromatic N) is 4. The monoisotopic (exact) mass is 385 g/mol. The third-order valence-electron chi connectivity index (χ3n) is 5.69. The minimum absolute atomic E-state index is 0.427. The lowest BCUT2D eigenvalue weighted by Gasteiger charge is -2.36. The van der Waals surface area contributed by atoms with Crippen LogP contribution < -0.4 is 10.7 Å². The number of carbonyl (C=O) groups excluding carboxylic acids is 1. The number of primary amides is 1. The molecule has 1 aromatic heterocycles. The molecule has 4 aromatic rings. The number of fused-ring (bicyclic) bond motifs is 2. The van der Waals surface area contributed by atoms with Crippen LogP contribution in [0.15, 0.2) is 67.0 Å². The SMILES string of the molecule is NC(=O)c1ccc2c(c1)ncn2N1CCN(Cc2ccc3ccccc3c2)CC1. The molecular formula is C23H23N5O. The summed E-state index contributed by atoms with van der Waals surface area (Å²) in [4.78, 5) is 18.3. The Labute approximate surface area is 169 Å². The lowest BCUT2D eigenvalue weighted by Crippen LogP contribution is -2.50. The van der Waals surface area contributed by atoms with E-state index >= 15 is 0 Å². The van der Waals surface area contributed by atoms with Gasteiger partial charge in [-0.25, -0.2) is 9.66 Å². The first-order chi connectivity index (χ1) is 14.2. The second-order valence-electron chi connectivity index (χ2n) is 7.57. The molecular weight excluding hydrogens is 362 g/mol. The molecule has 0 spiro atoms. The molecule has 1 aliphatic heterocycles. The van der Waals surface area contributed by atoms with Gasteiger partial charge in [0.15, 0.2) is 0 Å². The van der Waals surface area contributed by atoms with E-state index in [2.05, 4.69) is 62.0 Å². The second-order valence-corrected chi connectivity index (χ2v) is 7.57. The van der Waals surface area contributed by atoms with Crippen LogP contribution in [0.4, 0.5) is 0 Å². The first-order valence-corrected chi connectivity index (χ1v) is 9.89. The number of piperazine rings is 1. The van der Waals surface area contributed by atoms with Gasteiger partial charge < -0.3 is 10.7 Å². The molecule has 6 nitrogen and oxygen atoms in total. The minimum Gasteiger partial charge on any atom is -0.366 e. The standard InChI is InChI=1S/C23H23N5O/c24-23(29)20-7-8-22-21(14-20)25-16-28(22)27-11-9-26(10-12-27)15-17-5-6-18-3-1-2-4-19(18)13-17/h1-8,13-14,16H,9-12,15H2,(H2,24,29). The van der Waals surface area contributed by atoms with Crippen LogP contribution in [0.25, 0.3) is 21.8 Å². The molecule has 1 amide bonds. The molecule has 2 heterocycles. The van der Waals surface area contributed by atoms with Gasteiger partial charge in [0, 0.05) is 38.3 Å². The zero-order chi connectivity index (χ0) is 19.8. The molecule has 1 saturated heterocycles. The van der Waals surface area contributed by atoms with Crippen LogP contribution in [0.2, 0.25) is 0 Å². The molecule has 1 aliphatic rings. The van der Waals surface area contributed by atoms with Crippen molar-refractivity contribution < 1.29 is 4.79 Å². The summed E-state index contributed by atoms with van der Waals surface area (Å²) in [5, 5.41) is 4.88. The Balaban J connectivity index is 1.27. The van der Waals surface area contributed by atoms with E-state index in [-0.39, 0.29) is 0 Å². The first-order valence-electron chi connectivity index (χ1n) is 9.89. The van der Waals surface area contributed by atoms with Crippen molar-refractivity contribution in [2.75, 3.05) is 31.2 Å². The van der Waals surface area contributed by atoms with Crippen molar-refractivity contribution in [2.45, 2.75) is 6.54 Å². The number of hydrogen-bond acceptors (Lipinski definition) is 4. The fraction of sp³-hybridized carbons (Fsp3) is 0.217. The lowest BCUT2D eigenvalue weighted by atomic mass is 10.1. The number of imidazole rings is 1. The number of amides is 1. The molecule has 3 aromatic carbocycles. The molecule has 1 fully saturated rings. The highest BCUT2D eigenvalue weighted by atomic mass is 16.1. The van der Waals surface area contributed by atoms with E-state index < -0.39 is 5.91 Å². The summed E-state index contributed by atoms with van der Waals surface area (Å²) in [6, 6.07) is 20.7. The highest BCUT2D eigenvalue weighted by Gasteiger charge is 2.19. The van der Waals surface area contributed by atoms with Gasteiger partial charge in [-0.1, -0.05) is 36.4 Å². The van der Waals surface area contributed by atoms with Gasteiger partial charge in [0.1, 0.15) is 6.33 Å². The maximum Gasteiger partial charge on any atom is 0.248 e. The zero-order valence-corrected chi connectivity index (χ0v) is 16.2. The van der Waals surface area contributed by atoms with Gasteiger partial charge in [-0.3, -0.25) is 9.69 Å². The molecule has 0 radical (unpaired) electrons. The molecule has 2 N–H and O–H groups in total. The van der Waals surface area contributed by atoms with Crippen molar-refractivity contribution in [1.29, 1.82) is 0 Å². The lowest BCUT2D eigenvalue weighted by molar-refractivity contribution is 0.100. The number of carbonyl (C=O) groups is 1. The highest BCUT2D eigenvalue weighted by molar-refractivity contribution is 5.96. The topological polar surface area (TPSA) is 67.4 Å². The average molecular weight is 385 g/mol. The molecule has 0 atom stereocenters. The van der Waals surface area contributed by atoms with E-state index in [0.717, 1.165) is 43.8 Å². The van der Waals surface area contributed by atoms with E-state index in [9.17, 15) is 4.79 Å². The molecule has 5 rings (SSSR count). The van der Waals surface area contributed by atoms with Crippen LogP contribution in [0.3, 0.4) is 0 Å². The van der Waals surface area contributed by atoms with Crippen molar-refractivity contribution in [2.24, 2.45) is 5.73 Å². The summed E-state index contributed by atoms with van der Waals surface area (Å²) < 4.78 is 2.09. The van der Waals surface area contributed by atoms with Gasteiger partial charge >= 0.3 is 0 Å². The molecule has 0 aliphatic carbocycles. The molecule has 0 bridgehead atoms. The molecule has 29 heavy (non-hydrogen) atoms. The Bertz CT molecular complexity index is 1190. The van der Waals surface area contributed by atoms with Gasteiger partial charge in [-0.15, -0.1) is 0 Å². The first kappa shape index (κ1) is 17.7. The van der Waals surface area contributed by atoms with E-state index in [1.165, 1.54) is 16.3 Å². The van der Waals surface area contributed by atoms with E-state index in [1.807, 2.05) is 12.4 Å². The molecule has 0 unspecified atom stereocenters. The predicted molar refractivity (Wildman–Crippen MR) is 115 cm³/mol. The van der Waals surface area contributed by atoms with E-state index in [4.69, 9.17) is 5.73 Å². The smallest absolute Gasteiger partial charge is 0.248 e. The second kappa shape index (κ2) is 7.22. The number of rotatable bonds is 4. The van der Waals surface area contributed by atoms with Gasteiger partial charge in [0.25, 0.3) is 0 Å². The summed E-state index contributed by atoms with van der Waals surface area (Å²) >= 11 is 0. The number of aromatic nitrogens is 2. The maximum atomic E-state index is 11.4. The summed E-state index contributed by atoms with van der Waals surface area (Å²) in [6.45, 7) is 4.80. The summed E-state index contributed by atoms with van der Waals surface area (Å²) in [7, 11) is 0. The van der Waals surface area contributed by atoms with Crippen molar-refractivity contribution >= 4 is 27.7 Å². The van der Waals surface area contributed by atoms with Gasteiger partial charge in [0.2, 0.25) is 5.91 Å². The Hall–Kier alpha value is -3.38. The Morgan fingerprint density at radius 2 is 1.72 bits per heavy atom. The largest absolute Gasteiger partial charge is 0.366 e. The Morgan fingerprint density at radius 1 is 0.931 bits per heavy atom. The van der Waals surface area contributed by atoms with Crippen molar-refractivity contribution in [1.82, 2.24) is 14.6 Å². The van der Waals surface area contributed by atoms with Crippen LogP contribution >= 0.6 is 0 Å². The van der Waals surface area contributed by atoms with Crippen molar-refractivity contribution in [3.05, 3.63) is 78.1 Å². The Morgan fingerprint density at radius 3 is 2.52 bits per heavy atom.